The van der Waals surface area contributed by atoms with Crippen LogP contribution < -0.4 is 0 Å². The van der Waals surface area contributed by atoms with E-state index in [0.29, 0.717) is 19.5 Å². The quantitative estimate of drug-likeness (QED) is 0.837. The molecular weight excluding hydrogens is 284 g/mol. The van der Waals surface area contributed by atoms with Crippen molar-refractivity contribution >= 4 is 21.2 Å². The molecule has 0 aromatic carbocycles. The lowest BCUT2D eigenvalue weighted by molar-refractivity contribution is 0.152. The van der Waals surface area contributed by atoms with Gasteiger partial charge in [0.25, 0.3) is 0 Å². The van der Waals surface area contributed by atoms with Crippen molar-refractivity contribution in [2.75, 3.05) is 24.7 Å². The van der Waals surface area contributed by atoms with Gasteiger partial charge in [-0.25, -0.2) is 13.4 Å². The zero-order valence-electron chi connectivity index (χ0n) is 11.1. The highest BCUT2D eigenvalue weighted by molar-refractivity contribution is 7.91. The second-order valence-corrected chi connectivity index (χ2v) is 8.01. The van der Waals surface area contributed by atoms with E-state index in [1.54, 1.807) is 11.3 Å². The van der Waals surface area contributed by atoms with E-state index in [2.05, 4.69) is 11.9 Å². The summed E-state index contributed by atoms with van der Waals surface area (Å²) in [5, 5.41) is 12.3. The summed E-state index contributed by atoms with van der Waals surface area (Å²) in [6.07, 6.45) is 1.58. The number of aliphatic hydroxyl groups is 1. The van der Waals surface area contributed by atoms with Gasteiger partial charge in [-0.2, -0.15) is 0 Å². The van der Waals surface area contributed by atoms with Gasteiger partial charge in [-0.3, -0.25) is 4.90 Å². The van der Waals surface area contributed by atoms with Gasteiger partial charge in [-0.15, -0.1) is 11.3 Å². The normalized spacial score (nSPS) is 22.2. The summed E-state index contributed by atoms with van der Waals surface area (Å²) in [4.78, 5) is 6.55. The Morgan fingerprint density at radius 2 is 2.37 bits per heavy atom. The lowest BCUT2D eigenvalue weighted by atomic mass is 10.2. The molecular formula is C12H20N2O3S2. The van der Waals surface area contributed by atoms with E-state index in [4.69, 9.17) is 5.11 Å². The van der Waals surface area contributed by atoms with E-state index in [1.165, 1.54) is 0 Å². The summed E-state index contributed by atoms with van der Waals surface area (Å²) in [7, 11) is -2.89. The zero-order chi connectivity index (χ0) is 13.9. The van der Waals surface area contributed by atoms with Gasteiger partial charge in [0.1, 0.15) is 0 Å². The Balaban J connectivity index is 2.03. The summed E-state index contributed by atoms with van der Waals surface area (Å²) in [6.45, 7) is 3.23. The van der Waals surface area contributed by atoms with Gasteiger partial charge in [0.15, 0.2) is 9.84 Å². The van der Waals surface area contributed by atoms with Crippen molar-refractivity contribution in [3.05, 3.63) is 16.1 Å². The smallest absolute Gasteiger partial charge is 0.151 e. The predicted octanol–water partition coefficient (Wildman–Crippen LogP) is 0.687. The minimum Gasteiger partial charge on any atom is -0.395 e. The number of aliphatic hydroxyl groups excluding tert-OH is 1. The van der Waals surface area contributed by atoms with Gasteiger partial charge < -0.3 is 5.11 Å². The van der Waals surface area contributed by atoms with E-state index in [1.807, 2.05) is 10.3 Å². The molecule has 0 bridgehead atoms. The molecule has 108 valence electrons. The number of hydrogen-bond acceptors (Lipinski definition) is 6. The molecule has 1 aromatic rings. The first-order valence-electron chi connectivity index (χ1n) is 6.52. The molecule has 0 spiro atoms. The summed E-state index contributed by atoms with van der Waals surface area (Å²) >= 11 is 1.63. The molecule has 5 nitrogen and oxygen atoms in total. The van der Waals surface area contributed by atoms with Crippen LogP contribution in [0.1, 0.15) is 24.0 Å². The minimum atomic E-state index is -2.89. The van der Waals surface area contributed by atoms with Crippen molar-refractivity contribution in [1.29, 1.82) is 0 Å². The van der Waals surface area contributed by atoms with Crippen molar-refractivity contribution in [1.82, 2.24) is 9.88 Å². The maximum absolute atomic E-state index is 11.5. The van der Waals surface area contributed by atoms with Crippen LogP contribution in [0.15, 0.2) is 5.38 Å². The van der Waals surface area contributed by atoms with Crippen molar-refractivity contribution in [3.8, 4) is 0 Å². The highest BCUT2D eigenvalue weighted by Gasteiger charge is 2.32. The number of aromatic nitrogens is 1. The van der Waals surface area contributed by atoms with Crippen LogP contribution in [0, 0.1) is 0 Å². The highest BCUT2D eigenvalue weighted by atomic mass is 32.2. The van der Waals surface area contributed by atoms with E-state index in [0.717, 1.165) is 17.1 Å². The van der Waals surface area contributed by atoms with Gasteiger partial charge in [-0.1, -0.05) is 6.92 Å². The molecule has 0 saturated carbocycles. The SMILES string of the molecule is CCc1nc(CN(CCO)C2CCS(=O)(=O)C2)cs1. The lowest BCUT2D eigenvalue weighted by Gasteiger charge is -2.26. The molecule has 2 rings (SSSR count). The van der Waals surface area contributed by atoms with Crippen molar-refractivity contribution in [3.63, 3.8) is 0 Å². The minimum absolute atomic E-state index is 0.0175. The van der Waals surface area contributed by atoms with Gasteiger partial charge in [0, 0.05) is 24.5 Å². The summed E-state index contributed by atoms with van der Waals surface area (Å²) in [6, 6.07) is 0.0175. The van der Waals surface area contributed by atoms with Crippen LogP contribution in [0.4, 0.5) is 0 Å². The lowest BCUT2D eigenvalue weighted by Crippen LogP contribution is -2.37. The van der Waals surface area contributed by atoms with Gasteiger partial charge in [0.05, 0.1) is 28.8 Å². The standard InChI is InChI=1S/C12H20N2O3S2/c1-2-12-13-10(8-18-12)7-14(4-5-15)11-3-6-19(16,17)9-11/h8,11,15H,2-7,9H2,1H3. The third-order valence-electron chi connectivity index (χ3n) is 3.38. The first kappa shape index (κ1) is 14.9. The fraction of sp³-hybridized carbons (Fsp3) is 0.750. The van der Waals surface area contributed by atoms with Crippen LogP contribution >= 0.6 is 11.3 Å². The number of rotatable bonds is 6. The fourth-order valence-corrected chi connectivity index (χ4v) is 4.87. The Bertz CT molecular complexity index is 513. The van der Waals surface area contributed by atoms with Crippen LogP contribution in [0.3, 0.4) is 0 Å². The number of hydrogen-bond donors (Lipinski definition) is 1. The van der Waals surface area contributed by atoms with Crippen molar-refractivity contribution in [2.24, 2.45) is 0 Å². The van der Waals surface area contributed by atoms with E-state index >= 15 is 0 Å². The molecule has 1 unspecified atom stereocenters. The molecule has 19 heavy (non-hydrogen) atoms. The van der Waals surface area contributed by atoms with Crippen LogP contribution in [0.5, 0.6) is 0 Å². The summed E-state index contributed by atoms with van der Waals surface area (Å²) in [5.74, 6) is 0.467. The molecule has 1 N–H and O–H groups in total. The summed E-state index contributed by atoms with van der Waals surface area (Å²) in [5.41, 5.74) is 0.972. The number of thiazole rings is 1. The number of aryl methyl sites for hydroxylation is 1. The van der Waals surface area contributed by atoms with E-state index in [-0.39, 0.29) is 24.2 Å². The maximum Gasteiger partial charge on any atom is 0.151 e. The molecule has 1 fully saturated rings. The average Bonchev–Trinajstić information content (AvgIpc) is 2.95. The van der Waals surface area contributed by atoms with Crippen LogP contribution in [-0.4, -0.2) is 54.1 Å². The Labute approximate surface area is 118 Å². The molecule has 0 amide bonds. The Morgan fingerprint density at radius 3 is 2.89 bits per heavy atom. The molecule has 0 radical (unpaired) electrons. The molecule has 1 saturated heterocycles. The van der Waals surface area contributed by atoms with Crippen LogP contribution in [0.25, 0.3) is 0 Å². The highest BCUT2D eigenvalue weighted by Crippen LogP contribution is 2.20. The molecule has 2 heterocycles. The van der Waals surface area contributed by atoms with Gasteiger partial charge >= 0.3 is 0 Å². The van der Waals surface area contributed by atoms with Gasteiger partial charge in [0.2, 0.25) is 0 Å². The van der Waals surface area contributed by atoms with E-state index in [9.17, 15) is 8.42 Å². The maximum atomic E-state index is 11.5. The number of sulfone groups is 1. The summed E-state index contributed by atoms with van der Waals surface area (Å²) < 4.78 is 23.1. The second-order valence-electron chi connectivity index (χ2n) is 4.84. The predicted molar refractivity (Wildman–Crippen MR) is 76.0 cm³/mol. The molecule has 1 aliphatic rings. The molecule has 1 atom stereocenters. The van der Waals surface area contributed by atoms with Crippen LogP contribution in [-0.2, 0) is 22.8 Å². The molecule has 1 aromatic heterocycles. The third kappa shape index (κ3) is 3.98. The molecule has 0 aliphatic carbocycles. The monoisotopic (exact) mass is 304 g/mol. The average molecular weight is 304 g/mol. The van der Waals surface area contributed by atoms with E-state index < -0.39 is 9.84 Å². The van der Waals surface area contributed by atoms with Crippen molar-refractivity contribution < 1.29 is 13.5 Å². The third-order valence-corrected chi connectivity index (χ3v) is 6.17. The first-order valence-corrected chi connectivity index (χ1v) is 9.23. The molecule has 7 heteroatoms. The second kappa shape index (κ2) is 6.30. The first-order chi connectivity index (χ1) is 9.04. The largest absolute Gasteiger partial charge is 0.395 e. The van der Waals surface area contributed by atoms with Gasteiger partial charge in [-0.05, 0) is 12.8 Å². The number of nitrogens with zero attached hydrogens (tertiary/aromatic N) is 2. The topological polar surface area (TPSA) is 70.5 Å². The Hall–Kier alpha value is -0.500. The van der Waals surface area contributed by atoms with Crippen molar-refractivity contribution in [2.45, 2.75) is 32.4 Å². The Morgan fingerprint density at radius 1 is 1.58 bits per heavy atom. The fourth-order valence-electron chi connectivity index (χ4n) is 2.37. The zero-order valence-corrected chi connectivity index (χ0v) is 12.7. The van der Waals surface area contributed by atoms with Crippen LogP contribution in [0.2, 0.25) is 0 Å². The molecule has 1 aliphatic heterocycles. The Kier molecular flexibility index (Phi) is 4.94.